The van der Waals surface area contributed by atoms with E-state index < -0.39 is 0 Å². The Hall–Kier alpha value is -1.07. The summed E-state index contributed by atoms with van der Waals surface area (Å²) in [7, 11) is 2.12. The minimum absolute atomic E-state index is 0.0468. The number of piperidine rings is 1. The summed E-state index contributed by atoms with van der Waals surface area (Å²) in [5.41, 5.74) is 8.02. The molecule has 1 aliphatic rings. The number of nitrogens with two attached hydrogens (primary N) is 1. The SMILES string of the molecule is Cc1c(N)cc(Br)cc1C(=O)NCC1CCCCN1C. The molecule has 1 saturated heterocycles. The first-order chi connectivity index (χ1) is 9.49. The second-order valence-electron chi connectivity index (χ2n) is 5.51. The number of benzene rings is 1. The maximum absolute atomic E-state index is 12.3. The Morgan fingerprint density at radius 2 is 2.25 bits per heavy atom. The average Bonchev–Trinajstić information content (AvgIpc) is 2.41. The van der Waals surface area contributed by atoms with Crippen LogP contribution in [0.15, 0.2) is 16.6 Å². The molecular weight excluding hydrogens is 318 g/mol. The molecule has 1 heterocycles. The van der Waals surface area contributed by atoms with Gasteiger partial charge in [-0.15, -0.1) is 0 Å². The monoisotopic (exact) mass is 339 g/mol. The number of nitrogen functional groups attached to an aromatic ring is 1. The normalized spacial score (nSPS) is 19.9. The summed E-state index contributed by atoms with van der Waals surface area (Å²) in [6, 6.07) is 4.09. The Balaban J connectivity index is 2.01. The number of anilines is 1. The van der Waals surface area contributed by atoms with Crippen LogP contribution in [0.3, 0.4) is 0 Å². The molecule has 0 aliphatic carbocycles. The van der Waals surface area contributed by atoms with E-state index in [0.717, 1.165) is 23.0 Å². The van der Waals surface area contributed by atoms with Crippen LogP contribution in [0.25, 0.3) is 0 Å². The number of likely N-dealkylation sites (tertiary alicyclic amines) is 1. The quantitative estimate of drug-likeness (QED) is 0.832. The lowest BCUT2D eigenvalue weighted by atomic mass is 10.0. The van der Waals surface area contributed by atoms with Crippen molar-refractivity contribution in [2.24, 2.45) is 0 Å². The molecule has 1 unspecified atom stereocenters. The van der Waals surface area contributed by atoms with E-state index in [-0.39, 0.29) is 5.91 Å². The van der Waals surface area contributed by atoms with Gasteiger partial charge >= 0.3 is 0 Å². The fraction of sp³-hybridized carbons (Fsp3) is 0.533. The van der Waals surface area contributed by atoms with Gasteiger partial charge in [-0.05, 0) is 51.1 Å². The van der Waals surface area contributed by atoms with Gasteiger partial charge in [0, 0.05) is 28.3 Å². The summed E-state index contributed by atoms with van der Waals surface area (Å²) in [4.78, 5) is 14.6. The van der Waals surface area contributed by atoms with Crippen LogP contribution < -0.4 is 11.1 Å². The fourth-order valence-corrected chi connectivity index (χ4v) is 3.12. The standard InChI is InChI=1S/C15H22BrN3O/c1-10-13(7-11(16)8-14(10)17)15(20)18-9-12-5-3-4-6-19(12)2/h7-8,12H,3-6,9,17H2,1-2H3,(H,18,20). The molecule has 1 fully saturated rings. The molecule has 1 atom stereocenters. The summed E-state index contributed by atoms with van der Waals surface area (Å²) in [5, 5.41) is 3.04. The minimum Gasteiger partial charge on any atom is -0.398 e. The molecule has 0 spiro atoms. The Morgan fingerprint density at radius 3 is 2.95 bits per heavy atom. The van der Waals surface area contributed by atoms with Gasteiger partial charge in [0.05, 0.1) is 0 Å². The molecule has 0 aromatic heterocycles. The van der Waals surface area contributed by atoms with Crippen molar-refractivity contribution in [2.45, 2.75) is 32.2 Å². The Morgan fingerprint density at radius 1 is 1.50 bits per heavy atom. The number of hydrogen-bond donors (Lipinski definition) is 2. The average molecular weight is 340 g/mol. The lowest BCUT2D eigenvalue weighted by molar-refractivity contribution is 0.0928. The first kappa shape index (κ1) is 15.3. The van der Waals surface area contributed by atoms with Crippen molar-refractivity contribution in [1.82, 2.24) is 10.2 Å². The Bertz CT molecular complexity index is 504. The Kier molecular flexibility index (Phi) is 5.05. The van der Waals surface area contributed by atoms with Crippen molar-refractivity contribution in [1.29, 1.82) is 0 Å². The van der Waals surface area contributed by atoms with Crippen molar-refractivity contribution in [3.8, 4) is 0 Å². The molecule has 1 aromatic carbocycles. The number of hydrogen-bond acceptors (Lipinski definition) is 3. The van der Waals surface area contributed by atoms with E-state index in [9.17, 15) is 4.79 Å². The van der Waals surface area contributed by atoms with Gasteiger partial charge in [0.25, 0.3) is 5.91 Å². The van der Waals surface area contributed by atoms with Crippen LogP contribution in [0.1, 0.15) is 35.2 Å². The van der Waals surface area contributed by atoms with Gasteiger partial charge in [-0.1, -0.05) is 22.4 Å². The van der Waals surface area contributed by atoms with E-state index in [1.54, 1.807) is 0 Å². The molecule has 3 N–H and O–H groups in total. The number of rotatable bonds is 3. The third-order valence-electron chi connectivity index (χ3n) is 4.08. The fourth-order valence-electron chi connectivity index (χ4n) is 2.64. The summed E-state index contributed by atoms with van der Waals surface area (Å²) in [6.45, 7) is 3.69. The molecule has 0 radical (unpaired) electrons. The highest BCUT2D eigenvalue weighted by molar-refractivity contribution is 9.10. The zero-order chi connectivity index (χ0) is 14.7. The smallest absolute Gasteiger partial charge is 0.251 e. The van der Waals surface area contributed by atoms with Gasteiger partial charge in [-0.2, -0.15) is 0 Å². The molecule has 2 rings (SSSR count). The first-order valence-electron chi connectivity index (χ1n) is 7.03. The first-order valence-corrected chi connectivity index (χ1v) is 7.82. The second kappa shape index (κ2) is 6.59. The van der Waals surface area contributed by atoms with Gasteiger partial charge in [-0.25, -0.2) is 0 Å². The van der Waals surface area contributed by atoms with E-state index in [0.29, 0.717) is 23.8 Å². The van der Waals surface area contributed by atoms with E-state index in [4.69, 9.17) is 5.73 Å². The maximum Gasteiger partial charge on any atom is 0.251 e. The van der Waals surface area contributed by atoms with Crippen molar-refractivity contribution in [3.63, 3.8) is 0 Å². The van der Waals surface area contributed by atoms with Gasteiger partial charge in [-0.3, -0.25) is 4.79 Å². The number of likely N-dealkylation sites (N-methyl/N-ethyl adjacent to an activating group) is 1. The van der Waals surface area contributed by atoms with Crippen LogP contribution in [-0.4, -0.2) is 37.0 Å². The van der Waals surface area contributed by atoms with Gasteiger partial charge < -0.3 is 16.0 Å². The highest BCUT2D eigenvalue weighted by Gasteiger charge is 2.20. The molecule has 1 amide bonds. The van der Waals surface area contributed by atoms with Gasteiger partial charge in [0.1, 0.15) is 0 Å². The molecule has 1 aliphatic heterocycles. The zero-order valence-electron chi connectivity index (χ0n) is 12.1. The molecule has 1 aromatic rings. The van der Waals surface area contributed by atoms with E-state index in [1.807, 2.05) is 19.1 Å². The number of amides is 1. The van der Waals surface area contributed by atoms with Crippen molar-refractivity contribution < 1.29 is 4.79 Å². The van der Waals surface area contributed by atoms with E-state index in [1.165, 1.54) is 12.8 Å². The summed E-state index contributed by atoms with van der Waals surface area (Å²) in [5.74, 6) is -0.0468. The maximum atomic E-state index is 12.3. The third kappa shape index (κ3) is 3.52. The predicted molar refractivity (Wildman–Crippen MR) is 85.9 cm³/mol. The lowest BCUT2D eigenvalue weighted by Gasteiger charge is -2.32. The molecule has 0 saturated carbocycles. The highest BCUT2D eigenvalue weighted by atomic mass is 79.9. The van der Waals surface area contributed by atoms with E-state index in [2.05, 4.69) is 33.2 Å². The molecule has 20 heavy (non-hydrogen) atoms. The van der Waals surface area contributed by atoms with Gasteiger partial charge in [0.2, 0.25) is 0 Å². The molecular formula is C15H22BrN3O. The van der Waals surface area contributed by atoms with Crippen LogP contribution in [0, 0.1) is 6.92 Å². The van der Waals surface area contributed by atoms with Crippen molar-refractivity contribution in [3.05, 3.63) is 27.7 Å². The second-order valence-corrected chi connectivity index (χ2v) is 6.42. The molecule has 0 bridgehead atoms. The largest absolute Gasteiger partial charge is 0.398 e. The predicted octanol–water partition coefficient (Wildman–Crippen LogP) is 2.55. The molecule has 4 nitrogen and oxygen atoms in total. The number of halogens is 1. The molecule has 110 valence electrons. The number of nitrogens with zero attached hydrogens (tertiary/aromatic N) is 1. The lowest BCUT2D eigenvalue weighted by Crippen LogP contribution is -2.44. The summed E-state index contributed by atoms with van der Waals surface area (Å²) < 4.78 is 0.834. The number of carbonyl (C=O) groups is 1. The summed E-state index contributed by atoms with van der Waals surface area (Å²) >= 11 is 3.38. The number of carbonyl (C=O) groups excluding carboxylic acids is 1. The minimum atomic E-state index is -0.0468. The highest BCUT2D eigenvalue weighted by Crippen LogP contribution is 2.23. The van der Waals surface area contributed by atoms with Crippen molar-refractivity contribution >= 4 is 27.5 Å². The van der Waals surface area contributed by atoms with Crippen LogP contribution in [0.2, 0.25) is 0 Å². The van der Waals surface area contributed by atoms with Crippen LogP contribution in [0.4, 0.5) is 5.69 Å². The van der Waals surface area contributed by atoms with Crippen molar-refractivity contribution in [2.75, 3.05) is 25.9 Å². The summed E-state index contributed by atoms with van der Waals surface area (Å²) in [6.07, 6.45) is 3.65. The van der Waals surface area contributed by atoms with E-state index >= 15 is 0 Å². The zero-order valence-corrected chi connectivity index (χ0v) is 13.7. The Labute approximate surface area is 128 Å². The van der Waals surface area contributed by atoms with Crippen LogP contribution in [0.5, 0.6) is 0 Å². The molecule has 5 heteroatoms. The van der Waals surface area contributed by atoms with Crippen LogP contribution >= 0.6 is 15.9 Å². The third-order valence-corrected chi connectivity index (χ3v) is 4.53. The van der Waals surface area contributed by atoms with Crippen LogP contribution in [-0.2, 0) is 0 Å². The number of nitrogens with one attached hydrogen (secondary N) is 1. The van der Waals surface area contributed by atoms with Gasteiger partial charge in [0.15, 0.2) is 0 Å². The topological polar surface area (TPSA) is 58.4 Å².